The average molecular weight is 286 g/mol. The van der Waals surface area contributed by atoms with Crippen molar-refractivity contribution >= 4 is 11.7 Å². The van der Waals surface area contributed by atoms with Crippen molar-refractivity contribution in [2.24, 2.45) is 0 Å². The number of nitrogen functional groups attached to an aromatic ring is 1. The summed E-state index contributed by atoms with van der Waals surface area (Å²) in [6, 6.07) is 8.67. The normalized spacial score (nSPS) is 10.1. The highest BCUT2D eigenvalue weighted by Crippen LogP contribution is 2.19. The molecule has 2 aromatic rings. The second-order valence-electron chi connectivity index (χ2n) is 4.47. The molecule has 0 amide bonds. The number of benzene rings is 1. The second kappa shape index (κ2) is 7.28. The molecule has 0 saturated heterocycles. The molecule has 21 heavy (non-hydrogen) atoms. The third-order valence-electron chi connectivity index (χ3n) is 2.85. The van der Waals surface area contributed by atoms with E-state index in [0.717, 1.165) is 5.56 Å². The zero-order chi connectivity index (χ0) is 15.1. The van der Waals surface area contributed by atoms with Crippen molar-refractivity contribution in [3.8, 4) is 5.75 Å². The number of rotatable bonds is 6. The van der Waals surface area contributed by atoms with E-state index in [-0.39, 0.29) is 0 Å². The van der Waals surface area contributed by atoms with Gasteiger partial charge in [0.1, 0.15) is 5.75 Å². The van der Waals surface area contributed by atoms with Crippen LogP contribution in [0.2, 0.25) is 0 Å². The van der Waals surface area contributed by atoms with E-state index >= 15 is 0 Å². The maximum Gasteiger partial charge on any atom is 0.338 e. The first kappa shape index (κ1) is 14.8. The Kier molecular flexibility index (Phi) is 5.15. The van der Waals surface area contributed by atoms with Crippen LogP contribution in [0.25, 0.3) is 0 Å². The first-order valence-corrected chi connectivity index (χ1v) is 6.78. The molecule has 0 spiro atoms. The third-order valence-corrected chi connectivity index (χ3v) is 2.85. The fourth-order valence-corrected chi connectivity index (χ4v) is 1.88. The molecule has 1 aromatic heterocycles. The molecule has 0 aliphatic carbocycles. The Morgan fingerprint density at radius 3 is 2.71 bits per heavy atom. The van der Waals surface area contributed by atoms with Crippen LogP contribution in [0.5, 0.6) is 5.75 Å². The van der Waals surface area contributed by atoms with E-state index in [1.165, 1.54) is 0 Å². The van der Waals surface area contributed by atoms with Gasteiger partial charge in [0.25, 0.3) is 0 Å². The number of esters is 1. The molecule has 0 fully saturated rings. The molecule has 0 bridgehead atoms. The van der Waals surface area contributed by atoms with Gasteiger partial charge in [-0.2, -0.15) is 0 Å². The van der Waals surface area contributed by atoms with Gasteiger partial charge < -0.3 is 15.2 Å². The summed E-state index contributed by atoms with van der Waals surface area (Å²) in [6.07, 6.45) is 4.07. The maximum absolute atomic E-state index is 12.0. The fraction of sp³-hybridized carbons (Fsp3) is 0.250. The SMILES string of the molecule is CCOc1cc(N)cc(C(=O)OCCc2ccncc2)c1. The van der Waals surface area contributed by atoms with Crippen LogP contribution in [0.15, 0.2) is 42.7 Å². The minimum Gasteiger partial charge on any atom is -0.494 e. The van der Waals surface area contributed by atoms with Crippen molar-refractivity contribution in [3.05, 3.63) is 53.9 Å². The quantitative estimate of drug-likeness (QED) is 0.652. The zero-order valence-corrected chi connectivity index (χ0v) is 11.9. The molecular weight excluding hydrogens is 268 g/mol. The van der Waals surface area contributed by atoms with Gasteiger partial charge in [0, 0.05) is 30.6 Å². The molecule has 5 nitrogen and oxygen atoms in total. The van der Waals surface area contributed by atoms with Gasteiger partial charge in [-0.3, -0.25) is 4.98 Å². The number of nitrogens with two attached hydrogens (primary N) is 1. The largest absolute Gasteiger partial charge is 0.494 e. The molecule has 1 heterocycles. The molecule has 0 radical (unpaired) electrons. The standard InChI is InChI=1S/C16H18N2O3/c1-2-20-15-10-13(9-14(17)11-15)16(19)21-8-5-12-3-6-18-7-4-12/h3-4,6-7,9-11H,2,5,8,17H2,1H3. The lowest BCUT2D eigenvalue weighted by atomic mass is 10.2. The molecule has 2 N–H and O–H groups in total. The molecular formula is C16H18N2O3. The number of carbonyl (C=O) groups excluding carboxylic acids is 1. The molecule has 0 atom stereocenters. The number of anilines is 1. The van der Waals surface area contributed by atoms with Crippen LogP contribution in [-0.2, 0) is 11.2 Å². The van der Waals surface area contributed by atoms with Gasteiger partial charge in [0.2, 0.25) is 0 Å². The summed E-state index contributed by atoms with van der Waals surface area (Å²) in [5.74, 6) is 0.163. The number of hydrogen-bond donors (Lipinski definition) is 1. The summed E-state index contributed by atoms with van der Waals surface area (Å²) >= 11 is 0. The van der Waals surface area contributed by atoms with Crippen molar-refractivity contribution in [1.29, 1.82) is 0 Å². The summed E-state index contributed by atoms with van der Waals surface area (Å²) in [5.41, 5.74) is 7.69. The van der Waals surface area contributed by atoms with Gasteiger partial charge in [-0.15, -0.1) is 0 Å². The Morgan fingerprint density at radius 2 is 2.00 bits per heavy atom. The van der Waals surface area contributed by atoms with E-state index in [4.69, 9.17) is 15.2 Å². The minimum atomic E-state index is -0.405. The second-order valence-corrected chi connectivity index (χ2v) is 4.47. The van der Waals surface area contributed by atoms with Crippen LogP contribution >= 0.6 is 0 Å². The summed E-state index contributed by atoms with van der Waals surface area (Å²) in [5, 5.41) is 0. The Morgan fingerprint density at radius 1 is 1.24 bits per heavy atom. The predicted molar refractivity (Wildman–Crippen MR) is 80.2 cm³/mol. The van der Waals surface area contributed by atoms with Crippen molar-refractivity contribution < 1.29 is 14.3 Å². The minimum absolute atomic E-state index is 0.307. The number of ether oxygens (including phenoxy) is 2. The van der Waals surface area contributed by atoms with Crippen molar-refractivity contribution in [2.45, 2.75) is 13.3 Å². The molecule has 2 rings (SSSR count). The lowest BCUT2D eigenvalue weighted by Crippen LogP contribution is -2.09. The Hall–Kier alpha value is -2.56. The zero-order valence-electron chi connectivity index (χ0n) is 11.9. The first-order valence-electron chi connectivity index (χ1n) is 6.78. The molecule has 1 aromatic carbocycles. The first-order chi connectivity index (χ1) is 10.2. The number of nitrogens with zero attached hydrogens (tertiary/aromatic N) is 1. The van der Waals surface area contributed by atoms with Crippen LogP contribution in [0.4, 0.5) is 5.69 Å². The monoisotopic (exact) mass is 286 g/mol. The average Bonchev–Trinajstić information content (AvgIpc) is 2.48. The van der Waals surface area contributed by atoms with Crippen LogP contribution in [0.3, 0.4) is 0 Å². The smallest absolute Gasteiger partial charge is 0.338 e. The van der Waals surface area contributed by atoms with Crippen molar-refractivity contribution in [1.82, 2.24) is 4.98 Å². The fourth-order valence-electron chi connectivity index (χ4n) is 1.88. The van der Waals surface area contributed by atoms with E-state index in [2.05, 4.69) is 4.98 Å². The van der Waals surface area contributed by atoms with E-state index in [1.807, 2.05) is 19.1 Å². The van der Waals surface area contributed by atoms with Gasteiger partial charge in [-0.05, 0) is 36.8 Å². The summed E-state index contributed by atoms with van der Waals surface area (Å²) in [6.45, 7) is 2.69. The van der Waals surface area contributed by atoms with Gasteiger partial charge in [0.15, 0.2) is 0 Å². The lowest BCUT2D eigenvalue weighted by molar-refractivity contribution is 0.0509. The molecule has 0 aliphatic heterocycles. The maximum atomic E-state index is 12.0. The topological polar surface area (TPSA) is 74.4 Å². The number of aromatic nitrogens is 1. The van der Waals surface area contributed by atoms with E-state index in [9.17, 15) is 4.79 Å². The van der Waals surface area contributed by atoms with E-state index in [1.54, 1.807) is 30.6 Å². The van der Waals surface area contributed by atoms with Gasteiger partial charge in [-0.1, -0.05) is 0 Å². The third kappa shape index (κ3) is 4.49. The molecule has 0 aliphatic rings. The van der Waals surface area contributed by atoms with Crippen molar-refractivity contribution in [2.75, 3.05) is 18.9 Å². The number of hydrogen-bond acceptors (Lipinski definition) is 5. The van der Waals surface area contributed by atoms with E-state index in [0.29, 0.717) is 36.6 Å². The predicted octanol–water partition coefficient (Wildman–Crippen LogP) is 2.46. The van der Waals surface area contributed by atoms with Gasteiger partial charge in [-0.25, -0.2) is 4.79 Å². The Bertz CT molecular complexity index is 600. The van der Waals surface area contributed by atoms with E-state index < -0.39 is 5.97 Å². The van der Waals surface area contributed by atoms with Crippen LogP contribution in [-0.4, -0.2) is 24.2 Å². The van der Waals surface area contributed by atoms with Crippen LogP contribution in [0, 0.1) is 0 Å². The van der Waals surface area contributed by atoms with Crippen LogP contribution in [0.1, 0.15) is 22.8 Å². The Balaban J connectivity index is 1.94. The van der Waals surface area contributed by atoms with Gasteiger partial charge >= 0.3 is 5.97 Å². The molecule has 0 saturated carbocycles. The highest BCUT2D eigenvalue weighted by atomic mass is 16.5. The summed E-state index contributed by atoms with van der Waals surface area (Å²) in [7, 11) is 0. The van der Waals surface area contributed by atoms with Crippen molar-refractivity contribution in [3.63, 3.8) is 0 Å². The molecule has 0 unspecified atom stereocenters. The Labute approximate surface area is 123 Å². The highest BCUT2D eigenvalue weighted by Gasteiger charge is 2.10. The summed E-state index contributed by atoms with van der Waals surface area (Å²) < 4.78 is 10.6. The summed E-state index contributed by atoms with van der Waals surface area (Å²) in [4.78, 5) is 15.9. The number of pyridine rings is 1. The lowest BCUT2D eigenvalue weighted by Gasteiger charge is -2.08. The molecule has 5 heteroatoms. The van der Waals surface area contributed by atoms with Gasteiger partial charge in [0.05, 0.1) is 18.8 Å². The number of carbonyl (C=O) groups is 1. The molecule has 110 valence electrons. The van der Waals surface area contributed by atoms with Crippen LogP contribution < -0.4 is 10.5 Å². The highest BCUT2D eigenvalue weighted by molar-refractivity contribution is 5.91.